The minimum Gasteiger partial charge on any atom is -0.373 e. The highest BCUT2D eigenvalue weighted by Gasteiger charge is 2.31. The van der Waals surface area contributed by atoms with Gasteiger partial charge in [-0.15, -0.1) is 0 Å². The average Bonchev–Trinajstić information content (AvgIpc) is 3.56. The standard InChI is InChI=1S/C25H24F2N6O/c1-13-14(2)30-25-23(29-13)22(19-6-3-17(26)10-20(19)27)31-24(32-25)15-7-8-34-21(9-15)16-11-28-33(12-16)18-4-5-18/h3,6,10-12,15,18,21H,4-5,7-9H2,1-2H3/t15-,21-/m0/s1. The first kappa shape index (κ1) is 21.2. The third-order valence-electron chi connectivity index (χ3n) is 6.71. The summed E-state index contributed by atoms with van der Waals surface area (Å²) in [5.41, 5.74) is 3.85. The molecule has 6 rings (SSSR count). The number of halogens is 2. The molecule has 1 saturated heterocycles. The lowest BCUT2D eigenvalue weighted by molar-refractivity contribution is 0.00396. The summed E-state index contributed by atoms with van der Waals surface area (Å²) in [6.07, 6.45) is 7.61. The van der Waals surface area contributed by atoms with E-state index in [9.17, 15) is 8.78 Å². The lowest BCUT2D eigenvalue weighted by Crippen LogP contribution is -2.20. The van der Waals surface area contributed by atoms with Crippen molar-refractivity contribution in [3.05, 3.63) is 65.0 Å². The maximum absolute atomic E-state index is 14.8. The van der Waals surface area contributed by atoms with Gasteiger partial charge < -0.3 is 4.74 Å². The molecule has 174 valence electrons. The van der Waals surface area contributed by atoms with E-state index >= 15 is 0 Å². The van der Waals surface area contributed by atoms with Crippen LogP contribution in [0.3, 0.4) is 0 Å². The Balaban J connectivity index is 1.41. The number of hydrogen-bond donors (Lipinski definition) is 0. The molecule has 34 heavy (non-hydrogen) atoms. The molecule has 0 unspecified atom stereocenters. The molecular weight excluding hydrogens is 438 g/mol. The van der Waals surface area contributed by atoms with Crippen molar-refractivity contribution >= 4 is 11.2 Å². The number of hydrogen-bond acceptors (Lipinski definition) is 6. The highest BCUT2D eigenvalue weighted by molar-refractivity contribution is 5.87. The molecule has 1 saturated carbocycles. The SMILES string of the molecule is Cc1nc2nc([C@H]3CCO[C@H](c4cnn(C5CC5)c4)C3)nc(-c3ccc(F)cc3F)c2nc1C. The van der Waals surface area contributed by atoms with Gasteiger partial charge in [0.1, 0.15) is 28.7 Å². The van der Waals surface area contributed by atoms with Crippen LogP contribution in [0.5, 0.6) is 0 Å². The first-order valence-corrected chi connectivity index (χ1v) is 11.6. The second-order valence-electron chi connectivity index (χ2n) is 9.19. The Morgan fingerprint density at radius 2 is 1.82 bits per heavy atom. The molecule has 0 N–H and O–H groups in total. The monoisotopic (exact) mass is 462 g/mol. The molecular formula is C25H24F2N6O. The summed E-state index contributed by atoms with van der Waals surface area (Å²) in [4.78, 5) is 18.7. The summed E-state index contributed by atoms with van der Waals surface area (Å²) in [7, 11) is 0. The van der Waals surface area contributed by atoms with Crippen molar-refractivity contribution in [2.75, 3.05) is 6.61 Å². The number of rotatable bonds is 4. The molecule has 3 aromatic heterocycles. The minimum absolute atomic E-state index is 0.00177. The third kappa shape index (κ3) is 3.83. The van der Waals surface area contributed by atoms with Gasteiger partial charge in [-0.2, -0.15) is 5.10 Å². The van der Waals surface area contributed by atoms with E-state index in [0.717, 1.165) is 23.7 Å². The van der Waals surface area contributed by atoms with E-state index in [1.54, 1.807) is 0 Å². The van der Waals surface area contributed by atoms with E-state index in [1.807, 2.05) is 24.7 Å². The Morgan fingerprint density at radius 1 is 1.00 bits per heavy atom. The molecule has 2 aliphatic rings. The van der Waals surface area contributed by atoms with Crippen molar-refractivity contribution in [2.45, 2.75) is 57.6 Å². The van der Waals surface area contributed by atoms with E-state index in [2.05, 4.69) is 21.3 Å². The molecule has 0 radical (unpaired) electrons. The van der Waals surface area contributed by atoms with Gasteiger partial charge in [-0.3, -0.25) is 4.68 Å². The molecule has 1 aromatic carbocycles. The average molecular weight is 463 g/mol. The quantitative estimate of drug-likeness (QED) is 0.417. The summed E-state index contributed by atoms with van der Waals surface area (Å²) in [5, 5.41) is 4.50. The Labute approximate surface area is 195 Å². The number of nitrogens with zero attached hydrogens (tertiary/aromatic N) is 6. The summed E-state index contributed by atoms with van der Waals surface area (Å²) in [6.45, 7) is 4.26. The largest absolute Gasteiger partial charge is 0.373 e. The number of ether oxygens (including phenoxy) is 1. The van der Waals surface area contributed by atoms with Crippen molar-refractivity contribution in [1.29, 1.82) is 0 Å². The molecule has 0 bridgehead atoms. The van der Waals surface area contributed by atoms with Crippen LogP contribution in [0.1, 0.15) is 66.5 Å². The van der Waals surface area contributed by atoms with E-state index in [-0.39, 0.29) is 17.6 Å². The number of aromatic nitrogens is 6. The smallest absolute Gasteiger partial charge is 0.182 e. The highest BCUT2D eigenvalue weighted by atomic mass is 19.1. The lowest BCUT2D eigenvalue weighted by atomic mass is 9.92. The molecule has 0 amide bonds. The Kier molecular flexibility index (Phi) is 5.09. The second kappa shape index (κ2) is 8.16. The van der Waals surface area contributed by atoms with Crippen LogP contribution < -0.4 is 0 Å². The summed E-state index contributed by atoms with van der Waals surface area (Å²) >= 11 is 0. The number of fused-ring (bicyclic) bond motifs is 1. The Morgan fingerprint density at radius 3 is 2.62 bits per heavy atom. The maximum atomic E-state index is 14.8. The van der Waals surface area contributed by atoms with Gasteiger partial charge in [0.15, 0.2) is 5.65 Å². The summed E-state index contributed by atoms with van der Waals surface area (Å²) in [6, 6.07) is 3.99. The molecule has 4 aromatic rings. The van der Waals surface area contributed by atoms with Crippen molar-refractivity contribution in [3.63, 3.8) is 0 Å². The van der Waals surface area contributed by atoms with Gasteiger partial charge in [-0.1, -0.05) is 0 Å². The van der Waals surface area contributed by atoms with Gasteiger partial charge in [-0.05, 0) is 51.7 Å². The fraction of sp³-hybridized carbons (Fsp3) is 0.400. The van der Waals surface area contributed by atoms with Gasteiger partial charge in [0.2, 0.25) is 0 Å². The van der Waals surface area contributed by atoms with Crippen LogP contribution in [0.15, 0.2) is 30.6 Å². The topological polar surface area (TPSA) is 78.6 Å². The summed E-state index contributed by atoms with van der Waals surface area (Å²) in [5.74, 6) is -0.759. The molecule has 1 aliphatic heterocycles. The second-order valence-corrected chi connectivity index (χ2v) is 9.19. The predicted molar refractivity (Wildman–Crippen MR) is 121 cm³/mol. The zero-order valence-electron chi connectivity index (χ0n) is 19.0. The van der Waals surface area contributed by atoms with Gasteiger partial charge in [0.05, 0.1) is 29.7 Å². The van der Waals surface area contributed by atoms with Crippen LogP contribution in [0.25, 0.3) is 22.4 Å². The normalized spacial score (nSPS) is 20.7. The molecule has 1 aliphatic carbocycles. The zero-order chi connectivity index (χ0) is 23.4. The van der Waals surface area contributed by atoms with E-state index in [1.165, 1.54) is 25.0 Å². The number of benzene rings is 1. The maximum Gasteiger partial charge on any atom is 0.182 e. The predicted octanol–water partition coefficient (Wildman–Crippen LogP) is 5.15. The molecule has 2 fully saturated rings. The van der Waals surface area contributed by atoms with E-state index in [4.69, 9.17) is 14.7 Å². The van der Waals surface area contributed by atoms with Gasteiger partial charge in [0.25, 0.3) is 0 Å². The number of aryl methyl sites for hydroxylation is 2. The minimum atomic E-state index is -0.691. The van der Waals surface area contributed by atoms with Crippen molar-refractivity contribution in [3.8, 4) is 11.3 Å². The summed E-state index contributed by atoms with van der Waals surface area (Å²) < 4.78 is 36.5. The Bertz CT molecular complexity index is 1400. The molecule has 4 heterocycles. The highest BCUT2D eigenvalue weighted by Crippen LogP contribution is 2.40. The van der Waals surface area contributed by atoms with Crippen molar-refractivity contribution in [1.82, 2.24) is 29.7 Å². The van der Waals surface area contributed by atoms with E-state index in [0.29, 0.717) is 47.4 Å². The molecule has 0 spiro atoms. The van der Waals surface area contributed by atoms with Gasteiger partial charge in [-0.25, -0.2) is 28.7 Å². The zero-order valence-corrected chi connectivity index (χ0v) is 19.0. The van der Waals surface area contributed by atoms with Crippen LogP contribution in [0, 0.1) is 25.5 Å². The fourth-order valence-corrected chi connectivity index (χ4v) is 4.50. The van der Waals surface area contributed by atoms with Crippen molar-refractivity contribution < 1.29 is 13.5 Å². The van der Waals surface area contributed by atoms with Gasteiger partial charge >= 0.3 is 0 Å². The van der Waals surface area contributed by atoms with Crippen LogP contribution in [-0.4, -0.2) is 36.3 Å². The first-order valence-electron chi connectivity index (χ1n) is 11.6. The lowest BCUT2D eigenvalue weighted by Gasteiger charge is -2.28. The molecule has 2 atom stereocenters. The third-order valence-corrected chi connectivity index (χ3v) is 6.71. The van der Waals surface area contributed by atoms with Crippen molar-refractivity contribution in [2.24, 2.45) is 0 Å². The first-order chi connectivity index (χ1) is 16.5. The van der Waals surface area contributed by atoms with Crippen LogP contribution in [-0.2, 0) is 4.74 Å². The van der Waals surface area contributed by atoms with Gasteiger partial charge in [0, 0.05) is 35.9 Å². The van der Waals surface area contributed by atoms with Crippen LogP contribution in [0.4, 0.5) is 8.78 Å². The van der Waals surface area contributed by atoms with Crippen LogP contribution in [0.2, 0.25) is 0 Å². The fourth-order valence-electron chi connectivity index (χ4n) is 4.50. The molecule has 9 heteroatoms. The molecule has 7 nitrogen and oxygen atoms in total. The Hall–Kier alpha value is -3.33. The van der Waals surface area contributed by atoms with Crippen LogP contribution >= 0.6 is 0 Å². The van der Waals surface area contributed by atoms with E-state index < -0.39 is 11.6 Å².